The molecule has 3 rings (SSSR count). The highest BCUT2D eigenvalue weighted by Crippen LogP contribution is 2.43. The minimum Gasteiger partial charge on any atom is -0.250 e. The second-order valence-electron chi connectivity index (χ2n) is 5.82. The Morgan fingerprint density at radius 3 is 2.67 bits per heavy atom. The normalized spacial score (nSPS) is 14.6. The smallest absolute Gasteiger partial charge is 0.182 e. The average Bonchev–Trinajstić information content (AvgIpc) is 3.15. The third kappa shape index (κ3) is 3.39. The van der Waals surface area contributed by atoms with Crippen LogP contribution in [0.5, 0.6) is 0 Å². The molecule has 0 radical (unpaired) electrons. The van der Waals surface area contributed by atoms with Crippen LogP contribution in [0.1, 0.15) is 24.1 Å². The molecular weight excluding hydrogens is 385 g/mol. The van der Waals surface area contributed by atoms with Crippen LogP contribution in [-0.2, 0) is 12.1 Å². The lowest BCUT2D eigenvalue weighted by Gasteiger charge is -2.32. The van der Waals surface area contributed by atoms with Crippen LogP contribution in [-0.4, -0.2) is 24.7 Å². The van der Waals surface area contributed by atoms with Crippen molar-refractivity contribution in [2.45, 2.75) is 24.9 Å². The van der Waals surface area contributed by atoms with Crippen molar-refractivity contribution in [3.63, 3.8) is 0 Å². The predicted molar refractivity (Wildman–Crippen MR) is 89.3 cm³/mol. The summed E-state index contributed by atoms with van der Waals surface area (Å²) in [6, 6.07) is 2.68. The Labute approximate surface area is 156 Å². The average molecular weight is 397 g/mol. The zero-order valence-electron chi connectivity index (χ0n) is 13.9. The molecule has 2 unspecified atom stereocenters. The van der Waals surface area contributed by atoms with E-state index in [1.54, 1.807) is 0 Å². The molecule has 0 fully saturated rings. The Morgan fingerprint density at radius 2 is 2.04 bits per heavy atom. The van der Waals surface area contributed by atoms with Crippen LogP contribution in [0.25, 0.3) is 0 Å². The first-order valence-corrected chi connectivity index (χ1v) is 8.05. The van der Waals surface area contributed by atoms with E-state index in [2.05, 4.69) is 25.2 Å². The number of nitrogens with zero attached hydrogens (tertiary/aromatic N) is 6. The summed E-state index contributed by atoms with van der Waals surface area (Å²) in [6.07, 6.45) is 3.52. The van der Waals surface area contributed by atoms with Gasteiger partial charge in [0, 0.05) is 17.5 Å². The SMILES string of the molecule is CC(c1ncnc(Cl)c1F)C(Cn1cncn1)(N=O)c1ccc(F)cc1F. The van der Waals surface area contributed by atoms with E-state index in [1.165, 1.54) is 24.3 Å². The largest absolute Gasteiger partial charge is 0.250 e. The van der Waals surface area contributed by atoms with Crippen molar-refractivity contribution in [1.29, 1.82) is 0 Å². The summed E-state index contributed by atoms with van der Waals surface area (Å²) in [5.74, 6) is -3.90. The summed E-state index contributed by atoms with van der Waals surface area (Å²) in [4.78, 5) is 23.2. The Balaban J connectivity index is 2.22. The quantitative estimate of drug-likeness (QED) is 0.469. The zero-order chi connectivity index (χ0) is 19.6. The van der Waals surface area contributed by atoms with Crippen LogP contribution < -0.4 is 0 Å². The Kier molecular flexibility index (Phi) is 5.17. The molecule has 2 aromatic heterocycles. The Bertz CT molecular complexity index is 971. The van der Waals surface area contributed by atoms with Crippen molar-refractivity contribution in [3.8, 4) is 0 Å². The number of aromatic nitrogens is 5. The monoisotopic (exact) mass is 396 g/mol. The third-order valence-electron chi connectivity index (χ3n) is 4.33. The van der Waals surface area contributed by atoms with Gasteiger partial charge in [0.05, 0.1) is 12.2 Å². The molecule has 2 atom stereocenters. The molecule has 7 nitrogen and oxygen atoms in total. The van der Waals surface area contributed by atoms with Gasteiger partial charge >= 0.3 is 0 Å². The lowest BCUT2D eigenvalue weighted by molar-refractivity contribution is 0.284. The highest BCUT2D eigenvalue weighted by atomic mass is 35.5. The Hall–Kier alpha value is -2.88. The fourth-order valence-corrected chi connectivity index (χ4v) is 3.04. The molecule has 0 aliphatic rings. The highest BCUT2D eigenvalue weighted by molar-refractivity contribution is 6.29. The van der Waals surface area contributed by atoms with Gasteiger partial charge in [-0.2, -0.15) is 5.10 Å². The zero-order valence-corrected chi connectivity index (χ0v) is 14.6. The number of benzene rings is 1. The van der Waals surface area contributed by atoms with Gasteiger partial charge in [0.2, 0.25) is 0 Å². The van der Waals surface area contributed by atoms with Crippen molar-refractivity contribution in [3.05, 3.63) is 76.0 Å². The molecule has 1 aromatic carbocycles. The topological polar surface area (TPSA) is 85.9 Å². The molecule has 0 N–H and O–H groups in total. The van der Waals surface area contributed by atoms with Crippen molar-refractivity contribution in [2.75, 3.05) is 0 Å². The molecule has 27 heavy (non-hydrogen) atoms. The molecule has 0 saturated carbocycles. The van der Waals surface area contributed by atoms with Crippen LogP contribution in [0.3, 0.4) is 0 Å². The molecule has 11 heteroatoms. The lowest BCUT2D eigenvalue weighted by atomic mass is 9.77. The summed E-state index contributed by atoms with van der Waals surface area (Å²) < 4.78 is 43.7. The third-order valence-corrected chi connectivity index (χ3v) is 4.59. The number of hydrogen-bond donors (Lipinski definition) is 0. The molecule has 0 amide bonds. The van der Waals surface area contributed by atoms with E-state index < -0.39 is 34.1 Å². The van der Waals surface area contributed by atoms with Gasteiger partial charge in [0.1, 0.15) is 30.6 Å². The van der Waals surface area contributed by atoms with Gasteiger partial charge in [-0.05, 0) is 6.07 Å². The maximum absolute atomic E-state index is 14.6. The first-order chi connectivity index (χ1) is 12.9. The summed E-state index contributed by atoms with van der Waals surface area (Å²) in [5, 5.41) is 6.57. The summed E-state index contributed by atoms with van der Waals surface area (Å²) >= 11 is 5.71. The molecule has 2 heterocycles. The number of nitroso groups, excluding NO2 is 1. The lowest BCUT2D eigenvalue weighted by Crippen LogP contribution is -2.37. The van der Waals surface area contributed by atoms with Crippen LogP contribution in [0, 0.1) is 22.4 Å². The summed E-state index contributed by atoms with van der Waals surface area (Å²) in [5.41, 5.74) is -2.39. The fourth-order valence-electron chi connectivity index (χ4n) is 2.90. The maximum Gasteiger partial charge on any atom is 0.182 e. The molecule has 0 aliphatic carbocycles. The first-order valence-electron chi connectivity index (χ1n) is 7.67. The van der Waals surface area contributed by atoms with Crippen molar-refractivity contribution < 1.29 is 13.2 Å². The second kappa shape index (κ2) is 7.39. The van der Waals surface area contributed by atoms with Gasteiger partial charge in [-0.1, -0.05) is 29.8 Å². The van der Waals surface area contributed by atoms with Crippen molar-refractivity contribution in [1.82, 2.24) is 24.7 Å². The van der Waals surface area contributed by atoms with Gasteiger partial charge in [-0.25, -0.2) is 28.1 Å². The van der Waals surface area contributed by atoms with Crippen LogP contribution >= 0.6 is 11.6 Å². The van der Waals surface area contributed by atoms with Crippen LogP contribution in [0.4, 0.5) is 13.2 Å². The fraction of sp³-hybridized carbons (Fsp3) is 0.250. The second-order valence-corrected chi connectivity index (χ2v) is 6.18. The van der Waals surface area contributed by atoms with Gasteiger partial charge in [-0.3, -0.25) is 4.68 Å². The highest BCUT2D eigenvalue weighted by Gasteiger charge is 2.45. The predicted octanol–water partition coefficient (Wildman–Crippen LogP) is 3.60. The van der Waals surface area contributed by atoms with E-state index in [0.29, 0.717) is 6.07 Å². The standard InChI is InChI=1S/C16H12ClF3N6O/c1-9(14-13(20)15(17)23-7-22-14)16(25-27,5-26-8-21-6-24-26)11-3-2-10(18)4-12(11)19/h2-4,6-9H,5H2,1H3. The van der Waals surface area contributed by atoms with E-state index in [0.717, 1.165) is 18.5 Å². The molecule has 0 saturated heterocycles. The molecular formula is C16H12ClF3N6O. The minimum absolute atomic E-state index is 0.238. The van der Waals surface area contributed by atoms with Crippen molar-refractivity contribution >= 4 is 11.6 Å². The van der Waals surface area contributed by atoms with E-state index >= 15 is 0 Å². The molecule has 140 valence electrons. The molecule has 0 spiro atoms. The van der Waals surface area contributed by atoms with E-state index in [9.17, 15) is 18.1 Å². The number of hydrogen-bond acceptors (Lipinski definition) is 6. The molecule has 0 bridgehead atoms. The van der Waals surface area contributed by atoms with Crippen LogP contribution in [0.2, 0.25) is 5.15 Å². The minimum atomic E-state index is -1.91. The van der Waals surface area contributed by atoms with Gasteiger partial charge in [-0.15, -0.1) is 4.91 Å². The summed E-state index contributed by atoms with van der Waals surface area (Å²) in [7, 11) is 0. The first kappa shape index (κ1) is 18.9. The molecule has 3 aromatic rings. The van der Waals surface area contributed by atoms with Gasteiger partial charge in [0.15, 0.2) is 16.5 Å². The number of rotatable bonds is 6. The Morgan fingerprint density at radius 1 is 1.26 bits per heavy atom. The van der Waals surface area contributed by atoms with Gasteiger partial charge < -0.3 is 0 Å². The van der Waals surface area contributed by atoms with E-state index in [-0.39, 0.29) is 17.8 Å². The maximum atomic E-state index is 14.6. The van der Waals surface area contributed by atoms with Gasteiger partial charge in [0.25, 0.3) is 0 Å². The van der Waals surface area contributed by atoms with E-state index in [1.807, 2.05) is 0 Å². The summed E-state index contributed by atoms with van der Waals surface area (Å²) in [6.45, 7) is 1.14. The van der Waals surface area contributed by atoms with Crippen molar-refractivity contribution in [2.24, 2.45) is 5.18 Å². The van der Waals surface area contributed by atoms with E-state index in [4.69, 9.17) is 11.6 Å². The van der Waals surface area contributed by atoms with Crippen LogP contribution in [0.15, 0.2) is 42.4 Å². The number of halogens is 4. The molecule has 0 aliphatic heterocycles.